The number of benzene rings is 1. The fourth-order valence-corrected chi connectivity index (χ4v) is 4.17. The van der Waals surface area contributed by atoms with Crippen LogP contribution in [-0.4, -0.2) is 33.8 Å². The maximum atomic E-state index is 12.5. The van der Waals surface area contributed by atoms with E-state index in [1.165, 1.54) is 0 Å². The van der Waals surface area contributed by atoms with E-state index in [1.54, 1.807) is 0 Å². The molecule has 1 amide bonds. The van der Waals surface area contributed by atoms with Gasteiger partial charge in [0.05, 0.1) is 23.6 Å². The van der Waals surface area contributed by atoms with Crippen molar-refractivity contribution in [1.82, 2.24) is 14.9 Å². The van der Waals surface area contributed by atoms with E-state index >= 15 is 0 Å². The van der Waals surface area contributed by atoms with Crippen molar-refractivity contribution in [1.29, 1.82) is 0 Å². The second-order valence-electron chi connectivity index (χ2n) is 9.68. The third-order valence-corrected chi connectivity index (χ3v) is 5.93. The van der Waals surface area contributed by atoms with E-state index < -0.39 is 17.2 Å². The Morgan fingerprint density at radius 3 is 2.52 bits per heavy atom. The Morgan fingerprint density at radius 1 is 1.29 bits per heavy atom. The zero-order valence-corrected chi connectivity index (χ0v) is 19.8. The molecule has 1 aromatic carbocycles. The predicted octanol–water partition coefficient (Wildman–Crippen LogP) is 4.53. The number of hydrogen-bond acceptors (Lipinski definition) is 5. The first-order valence-electron chi connectivity index (χ1n) is 11.1. The number of aromatic nitrogens is 2. The lowest BCUT2D eigenvalue weighted by atomic mass is 9.76. The molecule has 1 aliphatic carbocycles. The van der Waals surface area contributed by atoms with E-state index in [1.807, 2.05) is 48.6 Å². The van der Waals surface area contributed by atoms with Crippen LogP contribution in [0.25, 0.3) is 11.0 Å². The lowest BCUT2D eigenvalue weighted by molar-refractivity contribution is -0.147. The van der Waals surface area contributed by atoms with Gasteiger partial charge in [0, 0.05) is 7.05 Å². The highest BCUT2D eigenvalue weighted by Crippen LogP contribution is 2.42. The van der Waals surface area contributed by atoms with Crippen molar-refractivity contribution < 1.29 is 19.1 Å². The van der Waals surface area contributed by atoms with E-state index in [2.05, 4.69) is 22.0 Å². The molecule has 1 fully saturated rings. The van der Waals surface area contributed by atoms with Crippen molar-refractivity contribution in [3.63, 3.8) is 0 Å². The molecule has 0 aliphatic heterocycles. The quantitative estimate of drug-likeness (QED) is 0.683. The van der Waals surface area contributed by atoms with Gasteiger partial charge in [0.25, 0.3) is 0 Å². The molecule has 1 saturated carbocycles. The highest BCUT2D eigenvalue weighted by atomic mass is 16.6. The molecule has 1 aliphatic rings. The van der Waals surface area contributed by atoms with Crippen LogP contribution in [0.5, 0.6) is 0 Å². The lowest BCUT2D eigenvalue weighted by Crippen LogP contribution is -2.53. The van der Waals surface area contributed by atoms with Crippen LogP contribution in [0, 0.1) is 12.8 Å². The molecule has 1 unspecified atom stereocenters. The molecule has 31 heavy (non-hydrogen) atoms. The molecule has 1 aromatic heterocycles. The SMILES string of the molecule is CCOC(=O)C(C)Cc1cc2c(cc1C)nc(C1(NC(=O)OC(C)(C)C)CCC1)n2C. The molecular weight excluding hydrogens is 394 g/mol. The van der Waals surface area contributed by atoms with Gasteiger partial charge in [-0.1, -0.05) is 6.92 Å². The Kier molecular flexibility index (Phi) is 6.35. The van der Waals surface area contributed by atoms with Gasteiger partial charge < -0.3 is 19.4 Å². The second kappa shape index (κ2) is 8.52. The summed E-state index contributed by atoms with van der Waals surface area (Å²) < 4.78 is 12.7. The Morgan fingerprint density at radius 2 is 1.97 bits per heavy atom. The molecule has 1 N–H and O–H groups in total. The van der Waals surface area contributed by atoms with Crippen molar-refractivity contribution in [2.24, 2.45) is 13.0 Å². The summed E-state index contributed by atoms with van der Waals surface area (Å²) in [7, 11) is 1.98. The van der Waals surface area contributed by atoms with Crippen LogP contribution in [0.15, 0.2) is 12.1 Å². The first-order valence-corrected chi connectivity index (χ1v) is 11.1. The fourth-order valence-electron chi connectivity index (χ4n) is 4.17. The van der Waals surface area contributed by atoms with Crippen molar-refractivity contribution in [3.8, 4) is 0 Å². The van der Waals surface area contributed by atoms with Crippen LogP contribution in [0.2, 0.25) is 0 Å². The molecule has 0 radical (unpaired) electrons. The van der Waals surface area contributed by atoms with Crippen LogP contribution in [-0.2, 0) is 33.3 Å². The number of nitrogens with one attached hydrogen (secondary N) is 1. The van der Waals surface area contributed by atoms with Crippen LogP contribution < -0.4 is 5.32 Å². The number of aryl methyl sites for hydroxylation is 2. The summed E-state index contributed by atoms with van der Waals surface area (Å²) in [6.45, 7) is 11.7. The highest BCUT2D eigenvalue weighted by molar-refractivity contribution is 5.79. The van der Waals surface area contributed by atoms with Gasteiger partial charge in [0.2, 0.25) is 0 Å². The summed E-state index contributed by atoms with van der Waals surface area (Å²) in [6.07, 6.45) is 2.88. The zero-order chi connectivity index (χ0) is 23.0. The maximum absolute atomic E-state index is 12.5. The first-order chi connectivity index (χ1) is 14.5. The van der Waals surface area contributed by atoms with Crippen molar-refractivity contribution >= 4 is 23.1 Å². The van der Waals surface area contributed by atoms with Crippen molar-refractivity contribution in [3.05, 3.63) is 29.1 Å². The van der Waals surface area contributed by atoms with E-state index in [0.29, 0.717) is 13.0 Å². The number of esters is 1. The first kappa shape index (κ1) is 23.1. The number of amides is 1. The van der Waals surface area contributed by atoms with Crippen LogP contribution in [0.3, 0.4) is 0 Å². The van der Waals surface area contributed by atoms with Gasteiger partial charge >= 0.3 is 12.1 Å². The molecule has 0 bridgehead atoms. The Labute approximate surface area is 184 Å². The molecule has 170 valence electrons. The normalized spacial score (nSPS) is 16.5. The molecule has 2 aromatic rings. The minimum absolute atomic E-state index is 0.178. The minimum atomic E-state index is -0.553. The number of carbonyl (C=O) groups excluding carboxylic acids is 2. The summed E-state index contributed by atoms with van der Waals surface area (Å²) in [5.74, 6) is 0.452. The van der Waals surface area contributed by atoms with Gasteiger partial charge in [-0.15, -0.1) is 0 Å². The van der Waals surface area contributed by atoms with Crippen LogP contribution in [0.1, 0.15) is 70.8 Å². The van der Waals surface area contributed by atoms with E-state index in [-0.39, 0.29) is 11.9 Å². The highest BCUT2D eigenvalue weighted by Gasteiger charge is 2.44. The maximum Gasteiger partial charge on any atom is 0.408 e. The van der Waals surface area contributed by atoms with E-state index in [0.717, 1.165) is 47.2 Å². The molecule has 7 nitrogen and oxygen atoms in total. The summed E-state index contributed by atoms with van der Waals surface area (Å²) in [5.41, 5.74) is 3.01. The monoisotopic (exact) mass is 429 g/mol. The predicted molar refractivity (Wildman–Crippen MR) is 120 cm³/mol. The number of fused-ring (bicyclic) bond motifs is 1. The number of hydrogen-bond donors (Lipinski definition) is 1. The summed E-state index contributed by atoms with van der Waals surface area (Å²) >= 11 is 0. The number of alkyl carbamates (subject to hydrolysis) is 1. The number of rotatable bonds is 6. The van der Waals surface area contributed by atoms with Gasteiger partial charge in [-0.2, -0.15) is 0 Å². The minimum Gasteiger partial charge on any atom is -0.466 e. The molecular formula is C24H35N3O4. The number of ether oxygens (including phenoxy) is 2. The average Bonchev–Trinajstić information content (AvgIpc) is 2.93. The topological polar surface area (TPSA) is 82.4 Å². The second-order valence-corrected chi connectivity index (χ2v) is 9.68. The van der Waals surface area contributed by atoms with Gasteiger partial charge in [-0.3, -0.25) is 4.79 Å². The van der Waals surface area contributed by atoms with Crippen LogP contribution >= 0.6 is 0 Å². The van der Waals surface area contributed by atoms with Crippen molar-refractivity contribution in [2.45, 2.75) is 78.4 Å². The van der Waals surface area contributed by atoms with Gasteiger partial charge in [0.1, 0.15) is 17.0 Å². The number of imidazole rings is 1. The van der Waals surface area contributed by atoms with Gasteiger partial charge in [-0.25, -0.2) is 9.78 Å². The summed E-state index contributed by atoms with van der Waals surface area (Å²) in [4.78, 5) is 29.5. The average molecular weight is 430 g/mol. The Balaban J connectivity index is 1.91. The molecule has 0 spiro atoms. The van der Waals surface area contributed by atoms with Gasteiger partial charge in [0.15, 0.2) is 0 Å². The van der Waals surface area contributed by atoms with Crippen LogP contribution in [0.4, 0.5) is 4.79 Å². The number of carbonyl (C=O) groups is 2. The number of nitrogens with zero attached hydrogens (tertiary/aromatic N) is 2. The third kappa shape index (κ3) is 4.86. The Hall–Kier alpha value is -2.57. The van der Waals surface area contributed by atoms with E-state index in [4.69, 9.17) is 14.5 Å². The van der Waals surface area contributed by atoms with Crippen molar-refractivity contribution in [2.75, 3.05) is 6.61 Å². The largest absolute Gasteiger partial charge is 0.466 e. The molecule has 7 heteroatoms. The third-order valence-electron chi connectivity index (χ3n) is 5.93. The zero-order valence-electron chi connectivity index (χ0n) is 19.8. The molecule has 0 saturated heterocycles. The Bertz CT molecular complexity index is 983. The lowest BCUT2D eigenvalue weighted by Gasteiger charge is -2.41. The summed E-state index contributed by atoms with van der Waals surface area (Å²) in [6, 6.07) is 4.17. The van der Waals surface area contributed by atoms with E-state index in [9.17, 15) is 9.59 Å². The fraction of sp³-hybridized carbons (Fsp3) is 0.625. The van der Waals surface area contributed by atoms with Gasteiger partial charge in [-0.05, 0) is 83.6 Å². The summed E-state index contributed by atoms with van der Waals surface area (Å²) in [5, 5.41) is 3.09. The smallest absolute Gasteiger partial charge is 0.408 e. The molecule has 1 atom stereocenters. The molecule has 1 heterocycles. The standard InChI is InChI=1S/C24H35N3O4/c1-8-30-20(28)16(3)12-17-14-19-18(13-15(17)2)25-21(27(19)7)24(10-9-11-24)26-22(29)31-23(4,5)6/h13-14,16H,8-12H2,1-7H3,(H,26,29). The molecule has 3 rings (SSSR count).